The number of carbonyl (C=O) groups is 1. The second-order valence-corrected chi connectivity index (χ2v) is 10.1. The Morgan fingerprint density at radius 2 is 2.17 bits per heavy atom. The van der Waals surface area contributed by atoms with Crippen LogP contribution in [-0.2, 0) is 0 Å². The molecule has 4 heterocycles. The number of nitrogens with zero attached hydrogens (tertiary/aromatic N) is 5. The first kappa shape index (κ1) is 26.3. The number of benzene rings is 2. The standard InChI is InChI=1S/C30H26FN7O3/c1-41-26-4-2-3-22(31)27(26)28-34-10-8-24(36-28)29(40)37-23-6-5-18(21-15-33-9-7-19(21)13-32)11-25(23)38-16-30(17-39)12-20(38)14-35-30/h2-11,15,20,35,39H,12,14,16-17H2,1H3,(H,37,40)/t20-,30-/m0/s1. The Kier molecular flexibility index (Phi) is 6.78. The Morgan fingerprint density at radius 1 is 1.29 bits per heavy atom. The number of aromatic nitrogens is 3. The van der Waals surface area contributed by atoms with Crippen LogP contribution < -0.4 is 20.3 Å². The minimum atomic E-state index is -0.567. The van der Waals surface area contributed by atoms with E-state index in [9.17, 15) is 19.6 Å². The lowest BCUT2D eigenvalue weighted by Crippen LogP contribution is -2.53. The van der Waals surface area contributed by atoms with E-state index in [0.29, 0.717) is 29.9 Å². The van der Waals surface area contributed by atoms with E-state index in [0.717, 1.165) is 17.7 Å². The first-order valence-electron chi connectivity index (χ1n) is 13.0. The maximum Gasteiger partial charge on any atom is 0.274 e. The van der Waals surface area contributed by atoms with Gasteiger partial charge in [0.2, 0.25) is 0 Å². The Bertz CT molecular complexity index is 1690. The fourth-order valence-corrected chi connectivity index (χ4v) is 5.63. The van der Waals surface area contributed by atoms with Gasteiger partial charge in [-0.15, -0.1) is 0 Å². The molecule has 0 saturated carbocycles. The summed E-state index contributed by atoms with van der Waals surface area (Å²) in [6, 6.07) is 15.4. The summed E-state index contributed by atoms with van der Waals surface area (Å²) < 4.78 is 20.0. The number of methoxy groups -OCH3 is 1. The summed E-state index contributed by atoms with van der Waals surface area (Å²) in [5.74, 6) is -0.793. The largest absolute Gasteiger partial charge is 0.496 e. The summed E-state index contributed by atoms with van der Waals surface area (Å²) >= 11 is 0. The van der Waals surface area contributed by atoms with Crippen LogP contribution in [0.5, 0.6) is 5.75 Å². The van der Waals surface area contributed by atoms with Crippen molar-refractivity contribution in [1.29, 1.82) is 5.26 Å². The third-order valence-corrected chi connectivity index (χ3v) is 7.67. The van der Waals surface area contributed by atoms with Gasteiger partial charge in [-0.25, -0.2) is 14.4 Å². The van der Waals surface area contributed by atoms with Gasteiger partial charge in [0.15, 0.2) is 5.82 Å². The van der Waals surface area contributed by atoms with Gasteiger partial charge < -0.3 is 25.4 Å². The second kappa shape index (κ2) is 10.6. The number of carbonyl (C=O) groups excluding carboxylic acids is 1. The monoisotopic (exact) mass is 551 g/mol. The minimum absolute atomic E-state index is 0.00815. The highest BCUT2D eigenvalue weighted by atomic mass is 19.1. The molecule has 2 aliphatic heterocycles. The van der Waals surface area contributed by atoms with Crippen molar-refractivity contribution < 1.29 is 19.0 Å². The van der Waals surface area contributed by atoms with Crippen molar-refractivity contribution in [2.24, 2.45) is 0 Å². The third kappa shape index (κ3) is 4.73. The zero-order valence-corrected chi connectivity index (χ0v) is 22.1. The molecule has 0 spiro atoms. The number of nitriles is 1. The van der Waals surface area contributed by atoms with Gasteiger partial charge in [0.1, 0.15) is 17.3 Å². The summed E-state index contributed by atoms with van der Waals surface area (Å²) in [6.07, 6.45) is 5.37. The average Bonchev–Trinajstić information content (AvgIpc) is 3.61. The number of nitrogens with one attached hydrogen (secondary N) is 2. The molecule has 2 aliphatic rings. The fourth-order valence-electron chi connectivity index (χ4n) is 5.63. The van der Waals surface area contributed by atoms with Crippen molar-refractivity contribution in [2.75, 3.05) is 37.0 Å². The molecule has 4 aromatic rings. The highest BCUT2D eigenvalue weighted by Gasteiger charge is 2.49. The molecule has 2 saturated heterocycles. The molecule has 2 aromatic heterocycles. The van der Waals surface area contributed by atoms with Crippen LogP contribution in [0.1, 0.15) is 22.5 Å². The Labute approximate surface area is 235 Å². The maximum absolute atomic E-state index is 14.7. The van der Waals surface area contributed by atoms with Crippen molar-refractivity contribution in [3.05, 3.63) is 84.2 Å². The second-order valence-electron chi connectivity index (χ2n) is 10.1. The molecular weight excluding hydrogens is 525 g/mol. The van der Waals surface area contributed by atoms with Crippen molar-refractivity contribution in [3.8, 4) is 34.3 Å². The average molecular weight is 552 g/mol. The molecule has 3 N–H and O–H groups in total. The molecule has 2 fully saturated rings. The van der Waals surface area contributed by atoms with Crippen LogP contribution in [-0.4, -0.2) is 64.4 Å². The number of hydrogen-bond acceptors (Lipinski definition) is 9. The fraction of sp³-hybridized carbons (Fsp3) is 0.233. The number of amides is 1. The lowest BCUT2D eigenvalue weighted by molar-refractivity contribution is 0.102. The van der Waals surface area contributed by atoms with Crippen LogP contribution in [0, 0.1) is 17.1 Å². The first-order valence-corrected chi connectivity index (χ1v) is 13.0. The Hall–Kier alpha value is -4.92. The summed E-state index contributed by atoms with van der Waals surface area (Å²) in [7, 11) is 1.42. The summed E-state index contributed by atoms with van der Waals surface area (Å²) in [5.41, 5.74) is 2.89. The third-order valence-electron chi connectivity index (χ3n) is 7.67. The van der Waals surface area contributed by atoms with Crippen molar-refractivity contribution in [3.63, 3.8) is 0 Å². The number of pyridine rings is 1. The predicted molar refractivity (Wildman–Crippen MR) is 150 cm³/mol. The van der Waals surface area contributed by atoms with Crippen LogP contribution in [0.3, 0.4) is 0 Å². The van der Waals surface area contributed by atoms with E-state index in [2.05, 4.69) is 36.6 Å². The molecular formula is C30H26FN7O3. The van der Waals surface area contributed by atoms with Crippen LogP contribution >= 0.6 is 0 Å². The Balaban J connectivity index is 1.37. The number of rotatable bonds is 7. The highest BCUT2D eigenvalue weighted by molar-refractivity contribution is 6.05. The van der Waals surface area contributed by atoms with Crippen LogP contribution in [0.25, 0.3) is 22.5 Å². The van der Waals surface area contributed by atoms with Gasteiger partial charge in [-0.05, 0) is 48.4 Å². The molecule has 2 bridgehead atoms. The highest BCUT2D eigenvalue weighted by Crippen LogP contribution is 2.41. The molecule has 206 valence electrons. The van der Waals surface area contributed by atoms with E-state index >= 15 is 0 Å². The number of aliphatic hydroxyl groups is 1. The molecule has 41 heavy (non-hydrogen) atoms. The van der Waals surface area contributed by atoms with E-state index in [1.807, 2.05) is 12.1 Å². The van der Waals surface area contributed by atoms with E-state index in [4.69, 9.17) is 4.74 Å². The molecule has 1 amide bonds. The van der Waals surface area contributed by atoms with Gasteiger partial charge in [0.05, 0.1) is 47.8 Å². The van der Waals surface area contributed by atoms with Gasteiger partial charge >= 0.3 is 0 Å². The number of anilines is 2. The number of hydrogen-bond donors (Lipinski definition) is 3. The molecule has 0 radical (unpaired) electrons. The molecule has 2 aromatic carbocycles. The molecule has 0 aliphatic carbocycles. The summed E-state index contributed by atoms with van der Waals surface area (Å²) in [6.45, 7) is 1.23. The quantitative estimate of drug-likeness (QED) is 0.316. The van der Waals surface area contributed by atoms with Gasteiger partial charge in [-0.2, -0.15) is 5.26 Å². The van der Waals surface area contributed by atoms with Gasteiger partial charge in [-0.3, -0.25) is 9.78 Å². The molecule has 2 atom stereocenters. The zero-order chi connectivity index (χ0) is 28.6. The van der Waals surface area contributed by atoms with Crippen molar-refractivity contribution in [2.45, 2.75) is 18.0 Å². The number of fused-ring (bicyclic) bond motifs is 2. The number of halogens is 1. The SMILES string of the molecule is COc1cccc(F)c1-c1nccc(C(=O)Nc2ccc(-c3cnccc3C#N)cc2N2C[C@]3(CO)C[C@H]2CN3)n1. The lowest BCUT2D eigenvalue weighted by Gasteiger charge is -2.35. The van der Waals surface area contributed by atoms with Crippen LogP contribution in [0.2, 0.25) is 0 Å². The molecule has 10 nitrogen and oxygen atoms in total. The van der Waals surface area contributed by atoms with E-state index in [-0.39, 0.29) is 35.5 Å². The molecule has 0 unspecified atom stereocenters. The normalized spacial score (nSPS) is 19.2. The first-order chi connectivity index (χ1) is 19.9. The van der Waals surface area contributed by atoms with Gasteiger partial charge in [0.25, 0.3) is 5.91 Å². The number of ether oxygens (including phenoxy) is 1. The van der Waals surface area contributed by atoms with Crippen LogP contribution in [0.4, 0.5) is 15.8 Å². The van der Waals surface area contributed by atoms with Gasteiger partial charge in [0, 0.05) is 43.3 Å². The maximum atomic E-state index is 14.7. The number of piperazine rings is 1. The predicted octanol–water partition coefficient (Wildman–Crippen LogP) is 3.39. The van der Waals surface area contributed by atoms with E-state index in [1.54, 1.807) is 30.6 Å². The topological polar surface area (TPSA) is 136 Å². The van der Waals surface area contributed by atoms with Crippen molar-refractivity contribution in [1.82, 2.24) is 20.3 Å². The zero-order valence-electron chi connectivity index (χ0n) is 22.1. The summed E-state index contributed by atoms with van der Waals surface area (Å²) in [4.78, 5) is 28.4. The summed E-state index contributed by atoms with van der Waals surface area (Å²) in [5, 5.41) is 26.1. The lowest BCUT2D eigenvalue weighted by atomic mass is 10.0. The number of aliphatic hydroxyl groups excluding tert-OH is 1. The Morgan fingerprint density at radius 3 is 2.95 bits per heavy atom. The van der Waals surface area contributed by atoms with Crippen LogP contribution in [0.15, 0.2) is 67.1 Å². The van der Waals surface area contributed by atoms with E-state index < -0.39 is 17.3 Å². The smallest absolute Gasteiger partial charge is 0.274 e. The molecule has 11 heteroatoms. The van der Waals surface area contributed by atoms with Crippen molar-refractivity contribution >= 4 is 17.3 Å². The van der Waals surface area contributed by atoms with Gasteiger partial charge in [-0.1, -0.05) is 12.1 Å². The van der Waals surface area contributed by atoms with E-state index in [1.165, 1.54) is 31.5 Å². The molecule has 6 rings (SSSR count). The minimum Gasteiger partial charge on any atom is -0.496 e.